The van der Waals surface area contributed by atoms with E-state index in [1.807, 2.05) is 0 Å². The van der Waals surface area contributed by atoms with Gasteiger partial charge in [-0.2, -0.15) is 0 Å². The molecule has 0 saturated carbocycles. The van der Waals surface area contributed by atoms with E-state index in [9.17, 15) is 4.39 Å². The number of hydrogen-bond acceptors (Lipinski definition) is 3. The summed E-state index contributed by atoms with van der Waals surface area (Å²) < 4.78 is 14.3. The zero-order valence-electron chi connectivity index (χ0n) is 11.1. The van der Waals surface area contributed by atoms with Crippen molar-refractivity contribution >= 4 is 21.7 Å². The molecule has 19 heavy (non-hydrogen) atoms. The summed E-state index contributed by atoms with van der Waals surface area (Å²) in [7, 11) is 2.24. The minimum Gasteiger partial charge on any atom is -0.367 e. The second kappa shape index (κ2) is 5.37. The van der Waals surface area contributed by atoms with Crippen molar-refractivity contribution in [3.8, 4) is 0 Å². The highest BCUT2D eigenvalue weighted by molar-refractivity contribution is 9.10. The summed E-state index contributed by atoms with van der Waals surface area (Å²) in [6.07, 6.45) is 6.71. The molecule has 2 aliphatic heterocycles. The van der Waals surface area contributed by atoms with E-state index in [-0.39, 0.29) is 5.82 Å². The summed E-state index contributed by atoms with van der Waals surface area (Å²) in [6, 6.07) is 2.91. The van der Waals surface area contributed by atoms with E-state index in [1.54, 1.807) is 6.20 Å². The van der Waals surface area contributed by atoms with Gasteiger partial charge in [0.2, 0.25) is 0 Å². The fourth-order valence-electron chi connectivity index (χ4n) is 3.48. The van der Waals surface area contributed by atoms with Crippen LogP contribution in [0.3, 0.4) is 0 Å². The number of nitrogens with one attached hydrogen (secondary N) is 1. The largest absolute Gasteiger partial charge is 0.367 e. The van der Waals surface area contributed by atoms with Crippen molar-refractivity contribution < 1.29 is 4.39 Å². The van der Waals surface area contributed by atoms with Gasteiger partial charge < -0.3 is 10.2 Å². The van der Waals surface area contributed by atoms with Crippen molar-refractivity contribution in [3.63, 3.8) is 0 Å². The molecule has 1 N–H and O–H groups in total. The molecule has 1 aromatic rings. The predicted octanol–water partition coefficient (Wildman–Crippen LogP) is 3.27. The van der Waals surface area contributed by atoms with Gasteiger partial charge in [0.05, 0.1) is 0 Å². The van der Waals surface area contributed by atoms with Crippen molar-refractivity contribution in [1.29, 1.82) is 0 Å². The number of hydrogen-bond donors (Lipinski definition) is 1. The quantitative estimate of drug-likeness (QED) is 0.923. The number of anilines is 1. The minimum atomic E-state index is -0.287. The molecule has 3 nitrogen and oxygen atoms in total. The van der Waals surface area contributed by atoms with Crippen LogP contribution in [0.5, 0.6) is 0 Å². The molecule has 5 heteroatoms. The Morgan fingerprint density at radius 3 is 2.74 bits per heavy atom. The lowest BCUT2D eigenvalue weighted by Gasteiger charge is -2.36. The third-order valence-electron chi connectivity index (χ3n) is 4.56. The van der Waals surface area contributed by atoms with E-state index in [0.717, 1.165) is 18.6 Å². The molecule has 1 aromatic heterocycles. The maximum Gasteiger partial charge on any atom is 0.166 e. The Morgan fingerprint density at radius 1 is 1.42 bits per heavy atom. The SMILES string of the molecule is CN1C2CCC1CC(CNc1ncc(Br)cc1F)C2. The number of halogens is 2. The Morgan fingerprint density at radius 2 is 2.11 bits per heavy atom. The number of fused-ring (bicyclic) bond motifs is 2. The molecule has 0 aliphatic carbocycles. The number of pyridine rings is 1. The highest BCUT2D eigenvalue weighted by Gasteiger charge is 2.38. The third-order valence-corrected chi connectivity index (χ3v) is 5.00. The van der Waals surface area contributed by atoms with Crippen LogP contribution in [0.25, 0.3) is 0 Å². The normalized spacial score (nSPS) is 30.6. The Kier molecular flexibility index (Phi) is 3.76. The van der Waals surface area contributed by atoms with Gasteiger partial charge in [0, 0.05) is 29.3 Å². The molecule has 2 aliphatic rings. The van der Waals surface area contributed by atoms with E-state index in [4.69, 9.17) is 0 Å². The maximum atomic E-state index is 13.7. The van der Waals surface area contributed by atoms with Crippen molar-refractivity contribution in [2.75, 3.05) is 18.9 Å². The van der Waals surface area contributed by atoms with Gasteiger partial charge in [0.25, 0.3) is 0 Å². The number of piperidine rings is 1. The van der Waals surface area contributed by atoms with Gasteiger partial charge in [0.1, 0.15) is 0 Å². The molecule has 0 spiro atoms. The highest BCUT2D eigenvalue weighted by Crippen LogP contribution is 2.37. The lowest BCUT2D eigenvalue weighted by atomic mass is 9.91. The Labute approximate surface area is 121 Å². The molecule has 104 valence electrons. The first-order valence-electron chi connectivity index (χ1n) is 6.90. The van der Waals surface area contributed by atoms with Gasteiger partial charge in [-0.15, -0.1) is 0 Å². The smallest absolute Gasteiger partial charge is 0.166 e. The summed E-state index contributed by atoms with van der Waals surface area (Å²) in [6.45, 7) is 0.826. The average Bonchev–Trinajstić information content (AvgIpc) is 2.62. The summed E-state index contributed by atoms with van der Waals surface area (Å²) in [5.41, 5.74) is 0. The molecule has 0 aromatic carbocycles. The molecule has 2 unspecified atom stereocenters. The fourth-order valence-corrected chi connectivity index (χ4v) is 3.78. The summed E-state index contributed by atoms with van der Waals surface area (Å²) in [4.78, 5) is 6.61. The maximum absolute atomic E-state index is 13.7. The van der Waals surface area contributed by atoms with Crippen LogP contribution in [0.1, 0.15) is 25.7 Å². The average molecular weight is 328 g/mol. The Hall–Kier alpha value is -0.680. The lowest BCUT2D eigenvalue weighted by Crippen LogP contribution is -2.41. The van der Waals surface area contributed by atoms with Crippen molar-refractivity contribution in [2.24, 2.45) is 5.92 Å². The molecule has 0 radical (unpaired) electrons. The predicted molar refractivity (Wildman–Crippen MR) is 77.7 cm³/mol. The third kappa shape index (κ3) is 2.77. The molecular weight excluding hydrogens is 309 g/mol. The van der Waals surface area contributed by atoms with Gasteiger partial charge in [-0.1, -0.05) is 0 Å². The molecular formula is C14H19BrFN3. The second-order valence-electron chi connectivity index (χ2n) is 5.75. The van der Waals surface area contributed by atoms with Crippen LogP contribution < -0.4 is 5.32 Å². The van der Waals surface area contributed by atoms with Crippen LogP contribution >= 0.6 is 15.9 Å². The van der Waals surface area contributed by atoms with Crippen molar-refractivity contribution in [2.45, 2.75) is 37.8 Å². The van der Waals surface area contributed by atoms with Crippen LogP contribution in [0, 0.1) is 11.7 Å². The zero-order chi connectivity index (χ0) is 13.4. The van der Waals surface area contributed by atoms with Crippen LogP contribution in [-0.2, 0) is 0 Å². The van der Waals surface area contributed by atoms with E-state index < -0.39 is 0 Å². The van der Waals surface area contributed by atoms with Crippen LogP contribution in [0.15, 0.2) is 16.7 Å². The molecule has 2 atom stereocenters. The molecule has 2 fully saturated rings. The van der Waals surface area contributed by atoms with Crippen LogP contribution in [0.4, 0.5) is 10.2 Å². The zero-order valence-corrected chi connectivity index (χ0v) is 12.7. The number of aromatic nitrogens is 1. The molecule has 0 amide bonds. The fraction of sp³-hybridized carbons (Fsp3) is 0.643. The van der Waals surface area contributed by atoms with E-state index >= 15 is 0 Å². The molecule has 3 rings (SSSR count). The highest BCUT2D eigenvalue weighted by atomic mass is 79.9. The lowest BCUT2D eigenvalue weighted by molar-refractivity contribution is 0.139. The topological polar surface area (TPSA) is 28.2 Å². The number of nitrogens with zero attached hydrogens (tertiary/aromatic N) is 2. The van der Waals surface area contributed by atoms with E-state index in [0.29, 0.717) is 16.2 Å². The first-order chi connectivity index (χ1) is 9.13. The first kappa shape index (κ1) is 13.3. The van der Waals surface area contributed by atoms with Gasteiger partial charge in [-0.3, -0.25) is 0 Å². The van der Waals surface area contributed by atoms with Gasteiger partial charge in [-0.05, 0) is 60.6 Å². The first-order valence-corrected chi connectivity index (χ1v) is 7.69. The second-order valence-corrected chi connectivity index (χ2v) is 6.67. The van der Waals surface area contributed by atoms with Crippen molar-refractivity contribution in [3.05, 3.63) is 22.6 Å². The van der Waals surface area contributed by atoms with Crippen molar-refractivity contribution in [1.82, 2.24) is 9.88 Å². The summed E-state index contributed by atoms with van der Waals surface area (Å²) in [5, 5.41) is 3.17. The van der Waals surface area contributed by atoms with E-state index in [2.05, 4.69) is 38.2 Å². The van der Waals surface area contributed by atoms with Crippen LogP contribution in [-0.4, -0.2) is 35.6 Å². The van der Waals surface area contributed by atoms with Crippen LogP contribution in [0.2, 0.25) is 0 Å². The minimum absolute atomic E-state index is 0.287. The molecule has 2 saturated heterocycles. The molecule has 3 heterocycles. The molecule has 2 bridgehead atoms. The summed E-state index contributed by atoms with van der Waals surface area (Å²) >= 11 is 3.22. The summed E-state index contributed by atoms with van der Waals surface area (Å²) in [5.74, 6) is 0.721. The standard InChI is InChI=1S/C14H19BrFN3/c1-19-11-2-3-12(19)5-9(4-11)7-17-14-13(16)6-10(15)8-18-14/h6,8-9,11-12H,2-5,7H2,1H3,(H,17,18). The van der Waals surface area contributed by atoms with Gasteiger partial charge in [-0.25, -0.2) is 9.37 Å². The van der Waals surface area contributed by atoms with Gasteiger partial charge >= 0.3 is 0 Å². The van der Waals surface area contributed by atoms with Gasteiger partial charge in [0.15, 0.2) is 11.6 Å². The monoisotopic (exact) mass is 327 g/mol. The Bertz CT molecular complexity index is 454. The van der Waals surface area contributed by atoms with E-state index in [1.165, 1.54) is 31.7 Å². The number of rotatable bonds is 3. The Balaban J connectivity index is 1.58.